The van der Waals surface area contributed by atoms with Crippen molar-refractivity contribution in [1.82, 2.24) is 5.32 Å². The molecule has 0 amide bonds. The van der Waals surface area contributed by atoms with Gasteiger partial charge in [-0.2, -0.15) is 0 Å². The van der Waals surface area contributed by atoms with E-state index in [0.29, 0.717) is 6.04 Å². The summed E-state index contributed by atoms with van der Waals surface area (Å²) in [5.74, 6) is 0. The van der Waals surface area contributed by atoms with Crippen LogP contribution in [0.15, 0.2) is 30.3 Å². The lowest BCUT2D eigenvalue weighted by Gasteiger charge is -2.19. The molecule has 0 heterocycles. The summed E-state index contributed by atoms with van der Waals surface area (Å²) < 4.78 is 5.26. The van der Waals surface area contributed by atoms with E-state index in [1.165, 1.54) is 12.0 Å². The van der Waals surface area contributed by atoms with E-state index in [0.717, 1.165) is 13.0 Å². The maximum atomic E-state index is 5.26. The maximum absolute atomic E-state index is 5.26. The van der Waals surface area contributed by atoms with Gasteiger partial charge in [-0.1, -0.05) is 30.3 Å². The number of ether oxygens (including phenoxy) is 1. The van der Waals surface area contributed by atoms with Gasteiger partial charge in [0.25, 0.3) is 0 Å². The molecule has 90 valence electrons. The Balaban J connectivity index is 2.13. The Morgan fingerprint density at radius 1 is 1.19 bits per heavy atom. The third kappa shape index (κ3) is 4.77. The third-order valence-corrected chi connectivity index (χ3v) is 3.03. The highest BCUT2D eigenvalue weighted by Crippen LogP contribution is 2.02. The molecule has 16 heavy (non-hydrogen) atoms. The van der Waals surface area contributed by atoms with Gasteiger partial charge in [0.05, 0.1) is 6.10 Å². The molecule has 1 aromatic carbocycles. The SMILES string of the molecule is COC(C)C(C)NCCCc1ccccc1. The molecule has 1 aromatic rings. The second-order valence-electron chi connectivity index (χ2n) is 4.27. The first kappa shape index (κ1) is 13.2. The summed E-state index contributed by atoms with van der Waals surface area (Å²) in [5.41, 5.74) is 1.41. The average Bonchev–Trinajstić information content (AvgIpc) is 2.34. The first-order chi connectivity index (χ1) is 7.74. The number of rotatable bonds is 7. The van der Waals surface area contributed by atoms with Crippen LogP contribution >= 0.6 is 0 Å². The van der Waals surface area contributed by atoms with Crippen molar-refractivity contribution < 1.29 is 4.74 Å². The predicted molar refractivity (Wildman–Crippen MR) is 68.7 cm³/mol. The molecule has 2 atom stereocenters. The fourth-order valence-corrected chi connectivity index (χ4v) is 1.64. The molecule has 0 aliphatic carbocycles. The third-order valence-electron chi connectivity index (χ3n) is 3.03. The van der Waals surface area contributed by atoms with E-state index in [-0.39, 0.29) is 6.10 Å². The van der Waals surface area contributed by atoms with Crippen molar-refractivity contribution in [2.24, 2.45) is 0 Å². The molecule has 0 bridgehead atoms. The Morgan fingerprint density at radius 2 is 1.88 bits per heavy atom. The van der Waals surface area contributed by atoms with Crippen LogP contribution in [0.5, 0.6) is 0 Å². The molecule has 0 aromatic heterocycles. The van der Waals surface area contributed by atoms with Crippen molar-refractivity contribution in [1.29, 1.82) is 0 Å². The van der Waals surface area contributed by atoms with Gasteiger partial charge in [-0.25, -0.2) is 0 Å². The number of nitrogens with one attached hydrogen (secondary N) is 1. The Morgan fingerprint density at radius 3 is 2.50 bits per heavy atom. The van der Waals surface area contributed by atoms with Gasteiger partial charge in [0.2, 0.25) is 0 Å². The highest BCUT2D eigenvalue weighted by atomic mass is 16.5. The van der Waals surface area contributed by atoms with Crippen LogP contribution in [0.25, 0.3) is 0 Å². The van der Waals surface area contributed by atoms with Gasteiger partial charge >= 0.3 is 0 Å². The van der Waals surface area contributed by atoms with Gasteiger partial charge < -0.3 is 10.1 Å². The molecule has 1 rings (SSSR count). The van der Waals surface area contributed by atoms with E-state index in [2.05, 4.69) is 49.5 Å². The van der Waals surface area contributed by atoms with Crippen LogP contribution in [0.1, 0.15) is 25.8 Å². The first-order valence-corrected chi connectivity index (χ1v) is 6.04. The van der Waals surface area contributed by atoms with Crippen molar-refractivity contribution in [3.63, 3.8) is 0 Å². The molecule has 2 nitrogen and oxygen atoms in total. The Hall–Kier alpha value is -0.860. The zero-order chi connectivity index (χ0) is 11.8. The van der Waals surface area contributed by atoms with Crippen molar-refractivity contribution >= 4 is 0 Å². The van der Waals surface area contributed by atoms with Crippen LogP contribution in [0, 0.1) is 0 Å². The molecule has 0 fully saturated rings. The number of hydrogen-bond donors (Lipinski definition) is 1. The van der Waals surface area contributed by atoms with Gasteiger partial charge in [0.1, 0.15) is 0 Å². The molecule has 0 aliphatic rings. The van der Waals surface area contributed by atoms with Crippen molar-refractivity contribution in [2.45, 2.75) is 38.8 Å². The second-order valence-corrected chi connectivity index (χ2v) is 4.27. The van der Waals surface area contributed by atoms with E-state index in [1.54, 1.807) is 7.11 Å². The predicted octanol–water partition coefficient (Wildman–Crippen LogP) is 2.63. The minimum Gasteiger partial charge on any atom is -0.380 e. The quantitative estimate of drug-likeness (QED) is 0.715. The Labute approximate surface area is 99.0 Å². The van der Waals surface area contributed by atoms with Gasteiger partial charge in [-0.15, -0.1) is 0 Å². The van der Waals surface area contributed by atoms with Gasteiger partial charge in [-0.3, -0.25) is 0 Å². The normalized spacial score (nSPS) is 14.7. The summed E-state index contributed by atoms with van der Waals surface area (Å²) in [6.45, 7) is 5.30. The summed E-state index contributed by atoms with van der Waals surface area (Å²) in [4.78, 5) is 0. The minimum absolute atomic E-state index is 0.275. The molecular formula is C14H23NO. The maximum Gasteiger partial charge on any atom is 0.0693 e. The van der Waals surface area contributed by atoms with Crippen LogP contribution in [0.4, 0.5) is 0 Å². The summed E-state index contributed by atoms with van der Waals surface area (Å²) in [5, 5.41) is 3.48. The lowest BCUT2D eigenvalue weighted by atomic mass is 10.1. The first-order valence-electron chi connectivity index (χ1n) is 6.04. The summed E-state index contributed by atoms with van der Waals surface area (Å²) in [7, 11) is 1.76. The van der Waals surface area contributed by atoms with Gasteiger partial charge in [-0.05, 0) is 38.8 Å². The topological polar surface area (TPSA) is 21.3 Å². The van der Waals surface area contributed by atoms with Crippen molar-refractivity contribution in [3.05, 3.63) is 35.9 Å². The average molecular weight is 221 g/mol. The fraction of sp³-hybridized carbons (Fsp3) is 0.571. The number of aryl methyl sites for hydroxylation is 1. The highest BCUT2D eigenvalue weighted by molar-refractivity contribution is 5.14. The van der Waals surface area contributed by atoms with Crippen LogP contribution in [-0.2, 0) is 11.2 Å². The van der Waals surface area contributed by atoms with Crippen LogP contribution in [0.3, 0.4) is 0 Å². The zero-order valence-electron chi connectivity index (χ0n) is 10.6. The van der Waals surface area contributed by atoms with E-state index in [1.807, 2.05) is 0 Å². The zero-order valence-corrected chi connectivity index (χ0v) is 10.6. The van der Waals surface area contributed by atoms with Gasteiger partial charge in [0, 0.05) is 13.2 Å². The lowest BCUT2D eigenvalue weighted by molar-refractivity contribution is 0.0888. The molecule has 0 saturated heterocycles. The smallest absolute Gasteiger partial charge is 0.0693 e. The highest BCUT2D eigenvalue weighted by Gasteiger charge is 2.08. The Kier molecular flexibility index (Phi) is 6.12. The van der Waals surface area contributed by atoms with Crippen LogP contribution in [-0.4, -0.2) is 25.8 Å². The monoisotopic (exact) mass is 221 g/mol. The number of hydrogen-bond acceptors (Lipinski definition) is 2. The molecule has 0 saturated carbocycles. The standard InChI is InChI=1S/C14H23NO/c1-12(13(2)16-3)15-11-7-10-14-8-5-4-6-9-14/h4-6,8-9,12-13,15H,7,10-11H2,1-3H3. The summed E-state index contributed by atoms with van der Waals surface area (Å²) in [6, 6.07) is 11.0. The second kappa shape index (κ2) is 7.42. The van der Waals surface area contributed by atoms with Crippen LogP contribution in [0.2, 0.25) is 0 Å². The molecule has 0 aliphatic heterocycles. The molecule has 1 N–H and O–H groups in total. The van der Waals surface area contributed by atoms with E-state index in [9.17, 15) is 0 Å². The molecular weight excluding hydrogens is 198 g/mol. The molecule has 0 spiro atoms. The lowest BCUT2D eigenvalue weighted by Crippen LogP contribution is -2.37. The largest absolute Gasteiger partial charge is 0.380 e. The molecule has 0 radical (unpaired) electrons. The summed E-state index contributed by atoms with van der Waals surface area (Å²) in [6.07, 6.45) is 2.59. The fourth-order valence-electron chi connectivity index (χ4n) is 1.64. The van der Waals surface area contributed by atoms with Crippen molar-refractivity contribution in [2.75, 3.05) is 13.7 Å². The van der Waals surface area contributed by atoms with E-state index in [4.69, 9.17) is 4.74 Å². The molecule has 2 unspecified atom stereocenters. The van der Waals surface area contributed by atoms with Crippen molar-refractivity contribution in [3.8, 4) is 0 Å². The summed E-state index contributed by atoms with van der Waals surface area (Å²) >= 11 is 0. The number of benzene rings is 1. The van der Waals surface area contributed by atoms with Crippen LogP contribution < -0.4 is 5.32 Å². The minimum atomic E-state index is 0.275. The number of methoxy groups -OCH3 is 1. The van der Waals surface area contributed by atoms with Gasteiger partial charge in [0.15, 0.2) is 0 Å². The molecule has 2 heteroatoms. The Bertz CT molecular complexity index is 273. The van der Waals surface area contributed by atoms with E-state index >= 15 is 0 Å². The van der Waals surface area contributed by atoms with E-state index < -0.39 is 0 Å².